The van der Waals surface area contributed by atoms with E-state index >= 15 is 0 Å². The monoisotopic (exact) mass is 287 g/mol. The molecule has 0 spiro atoms. The number of furan rings is 1. The smallest absolute Gasteiger partial charge is 0.291 e. The Labute approximate surface area is 122 Å². The Morgan fingerprint density at radius 1 is 1.15 bits per heavy atom. The largest absolute Gasteiger partial charge is 0.459 e. The molecule has 104 valence electrons. The standard InChI is InChI=1S/C16H17NO2S/c18-16(15-6-3-11-19-15)17-12-7-9-14(10-8-12)20-13-4-1-2-5-13/h3,6-11,13H,1-2,4-5H2,(H,17,18). The number of amides is 1. The summed E-state index contributed by atoms with van der Waals surface area (Å²) in [5.74, 6) is 0.112. The highest BCUT2D eigenvalue weighted by Gasteiger charge is 2.16. The van der Waals surface area contributed by atoms with Gasteiger partial charge in [-0.05, 0) is 49.2 Å². The Balaban J connectivity index is 1.59. The second-order valence-electron chi connectivity index (χ2n) is 4.98. The lowest BCUT2D eigenvalue weighted by Gasteiger charge is -2.09. The van der Waals surface area contributed by atoms with Crippen LogP contribution in [-0.4, -0.2) is 11.2 Å². The normalized spacial score (nSPS) is 15.4. The zero-order valence-electron chi connectivity index (χ0n) is 11.2. The van der Waals surface area contributed by atoms with E-state index in [1.807, 2.05) is 23.9 Å². The van der Waals surface area contributed by atoms with Crippen molar-refractivity contribution in [1.82, 2.24) is 0 Å². The molecule has 1 aromatic heterocycles. The van der Waals surface area contributed by atoms with E-state index in [1.54, 1.807) is 12.1 Å². The minimum absolute atomic E-state index is 0.216. The van der Waals surface area contributed by atoms with Crippen molar-refractivity contribution >= 4 is 23.4 Å². The van der Waals surface area contributed by atoms with E-state index < -0.39 is 0 Å². The van der Waals surface area contributed by atoms with Crippen molar-refractivity contribution in [2.75, 3.05) is 5.32 Å². The second kappa shape index (κ2) is 6.18. The predicted octanol–water partition coefficient (Wildman–Crippen LogP) is 4.57. The van der Waals surface area contributed by atoms with E-state index in [-0.39, 0.29) is 5.91 Å². The third-order valence-corrected chi connectivity index (χ3v) is 4.81. The van der Waals surface area contributed by atoms with Crippen LogP contribution in [0.2, 0.25) is 0 Å². The third-order valence-electron chi connectivity index (χ3n) is 3.46. The summed E-state index contributed by atoms with van der Waals surface area (Å²) in [6, 6.07) is 11.4. The van der Waals surface area contributed by atoms with Crippen LogP contribution in [0.25, 0.3) is 0 Å². The number of hydrogen-bond donors (Lipinski definition) is 1. The van der Waals surface area contributed by atoms with Crippen molar-refractivity contribution in [2.24, 2.45) is 0 Å². The van der Waals surface area contributed by atoms with Gasteiger partial charge in [0.1, 0.15) is 0 Å². The van der Waals surface area contributed by atoms with Gasteiger partial charge in [0.15, 0.2) is 5.76 Å². The minimum Gasteiger partial charge on any atom is -0.459 e. The van der Waals surface area contributed by atoms with Gasteiger partial charge in [-0.2, -0.15) is 0 Å². The fourth-order valence-electron chi connectivity index (χ4n) is 2.42. The van der Waals surface area contributed by atoms with Gasteiger partial charge in [0.25, 0.3) is 5.91 Å². The van der Waals surface area contributed by atoms with Crippen LogP contribution in [0.3, 0.4) is 0 Å². The first-order chi connectivity index (χ1) is 9.81. The molecule has 0 saturated heterocycles. The number of carbonyl (C=O) groups is 1. The van der Waals surface area contributed by atoms with Gasteiger partial charge in [0, 0.05) is 15.8 Å². The van der Waals surface area contributed by atoms with Crippen molar-refractivity contribution in [3.63, 3.8) is 0 Å². The molecule has 0 radical (unpaired) electrons. The van der Waals surface area contributed by atoms with Crippen LogP contribution >= 0.6 is 11.8 Å². The molecule has 0 aliphatic heterocycles. The van der Waals surface area contributed by atoms with Gasteiger partial charge < -0.3 is 9.73 Å². The molecule has 1 aliphatic rings. The molecule has 0 atom stereocenters. The molecule has 20 heavy (non-hydrogen) atoms. The number of benzene rings is 1. The number of hydrogen-bond acceptors (Lipinski definition) is 3. The number of rotatable bonds is 4. The summed E-state index contributed by atoms with van der Waals surface area (Å²) in [7, 11) is 0. The van der Waals surface area contributed by atoms with Crippen LogP contribution in [0.1, 0.15) is 36.2 Å². The van der Waals surface area contributed by atoms with E-state index in [4.69, 9.17) is 4.42 Å². The van der Waals surface area contributed by atoms with Crippen LogP contribution in [0, 0.1) is 0 Å². The molecular formula is C16H17NO2S. The lowest BCUT2D eigenvalue weighted by Crippen LogP contribution is -2.10. The fourth-order valence-corrected chi connectivity index (χ4v) is 3.66. The first kappa shape index (κ1) is 13.3. The topological polar surface area (TPSA) is 42.2 Å². The Bertz CT molecular complexity index is 557. The maximum atomic E-state index is 11.8. The lowest BCUT2D eigenvalue weighted by atomic mass is 10.3. The first-order valence-corrected chi connectivity index (χ1v) is 7.81. The lowest BCUT2D eigenvalue weighted by molar-refractivity contribution is 0.0996. The van der Waals surface area contributed by atoms with Gasteiger partial charge in [-0.25, -0.2) is 0 Å². The Morgan fingerprint density at radius 3 is 2.55 bits per heavy atom. The Hall–Kier alpha value is -1.68. The maximum Gasteiger partial charge on any atom is 0.291 e. The van der Waals surface area contributed by atoms with Gasteiger partial charge in [-0.1, -0.05) is 12.8 Å². The van der Waals surface area contributed by atoms with E-state index in [9.17, 15) is 4.79 Å². The number of thioether (sulfide) groups is 1. The van der Waals surface area contributed by atoms with Gasteiger partial charge in [0.2, 0.25) is 0 Å². The van der Waals surface area contributed by atoms with E-state index in [1.165, 1.54) is 36.8 Å². The molecule has 1 heterocycles. The fraction of sp³-hybridized carbons (Fsp3) is 0.312. The summed E-state index contributed by atoms with van der Waals surface area (Å²) in [5, 5.41) is 3.59. The van der Waals surface area contributed by atoms with Crippen LogP contribution in [0.4, 0.5) is 5.69 Å². The highest BCUT2D eigenvalue weighted by molar-refractivity contribution is 8.00. The molecule has 2 aromatic rings. The number of anilines is 1. The van der Waals surface area contributed by atoms with E-state index in [0.29, 0.717) is 5.76 Å². The summed E-state index contributed by atoms with van der Waals surface area (Å²) >= 11 is 1.95. The highest BCUT2D eigenvalue weighted by atomic mass is 32.2. The molecule has 3 nitrogen and oxygen atoms in total. The summed E-state index contributed by atoms with van der Waals surface area (Å²) < 4.78 is 5.06. The van der Waals surface area contributed by atoms with Gasteiger partial charge in [0.05, 0.1) is 6.26 Å². The first-order valence-electron chi connectivity index (χ1n) is 6.93. The number of nitrogens with one attached hydrogen (secondary N) is 1. The SMILES string of the molecule is O=C(Nc1ccc(SC2CCCC2)cc1)c1ccco1. The molecule has 3 rings (SSSR count). The third kappa shape index (κ3) is 3.25. The van der Waals surface area contributed by atoms with Gasteiger partial charge in [-0.15, -0.1) is 11.8 Å². The zero-order valence-corrected chi connectivity index (χ0v) is 12.0. The maximum absolute atomic E-state index is 11.8. The van der Waals surface area contributed by atoms with Crippen molar-refractivity contribution in [2.45, 2.75) is 35.8 Å². The second-order valence-corrected chi connectivity index (χ2v) is 6.35. The molecule has 1 N–H and O–H groups in total. The molecule has 1 fully saturated rings. The zero-order chi connectivity index (χ0) is 13.8. The molecule has 0 bridgehead atoms. The van der Waals surface area contributed by atoms with Crippen LogP contribution in [-0.2, 0) is 0 Å². The van der Waals surface area contributed by atoms with Crippen molar-refractivity contribution < 1.29 is 9.21 Å². The van der Waals surface area contributed by atoms with E-state index in [2.05, 4.69) is 17.4 Å². The van der Waals surface area contributed by atoms with Gasteiger partial charge >= 0.3 is 0 Å². The summed E-state index contributed by atoms with van der Waals surface area (Å²) in [6.07, 6.45) is 6.85. The summed E-state index contributed by atoms with van der Waals surface area (Å²) in [5.41, 5.74) is 0.794. The average Bonchev–Trinajstić information content (AvgIpc) is 3.13. The van der Waals surface area contributed by atoms with Crippen molar-refractivity contribution in [3.8, 4) is 0 Å². The van der Waals surface area contributed by atoms with Crippen LogP contribution in [0.15, 0.2) is 52.0 Å². The van der Waals surface area contributed by atoms with E-state index in [0.717, 1.165) is 10.9 Å². The molecular weight excluding hydrogens is 270 g/mol. The highest BCUT2D eigenvalue weighted by Crippen LogP contribution is 2.34. The Kier molecular flexibility index (Phi) is 4.11. The Morgan fingerprint density at radius 2 is 1.90 bits per heavy atom. The molecule has 1 saturated carbocycles. The van der Waals surface area contributed by atoms with Crippen LogP contribution in [0.5, 0.6) is 0 Å². The number of carbonyl (C=O) groups excluding carboxylic acids is 1. The van der Waals surface area contributed by atoms with Crippen molar-refractivity contribution in [1.29, 1.82) is 0 Å². The molecule has 0 unspecified atom stereocenters. The van der Waals surface area contributed by atoms with Crippen LogP contribution < -0.4 is 5.32 Å². The molecule has 1 aliphatic carbocycles. The summed E-state index contributed by atoms with van der Waals surface area (Å²) in [6.45, 7) is 0. The molecule has 4 heteroatoms. The van der Waals surface area contributed by atoms with Gasteiger partial charge in [-0.3, -0.25) is 4.79 Å². The molecule has 1 aromatic carbocycles. The minimum atomic E-state index is -0.216. The average molecular weight is 287 g/mol. The predicted molar refractivity (Wildman–Crippen MR) is 81.2 cm³/mol. The van der Waals surface area contributed by atoms with Crippen molar-refractivity contribution in [3.05, 3.63) is 48.4 Å². The molecule has 1 amide bonds. The quantitative estimate of drug-likeness (QED) is 0.896. The summed E-state index contributed by atoms with van der Waals surface area (Å²) in [4.78, 5) is 13.1.